The van der Waals surface area contributed by atoms with E-state index < -0.39 is 17.8 Å². The first kappa shape index (κ1) is 33.4. The van der Waals surface area contributed by atoms with Gasteiger partial charge >= 0.3 is 6.03 Å². The van der Waals surface area contributed by atoms with Crippen molar-refractivity contribution >= 4 is 29.6 Å². The van der Waals surface area contributed by atoms with E-state index in [2.05, 4.69) is 5.32 Å². The zero-order valence-electron chi connectivity index (χ0n) is 27.5. The minimum Gasteiger partial charge on any atom is -0.493 e. The number of carbonyl (C=O) groups excluding carboxylic acids is 3. The second kappa shape index (κ2) is 15.6. The maximum Gasteiger partial charge on any atom is 0.335 e. The molecule has 1 saturated heterocycles. The van der Waals surface area contributed by atoms with Gasteiger partial charge in [-0.1, -0.05) is 72.8 Å². The molecular weight excluding hydrogens is 636 g/mol. The van der Waals surface area contributed by atoms with E-state index in [4.69, 9.17) is 23.7 Å². The summed E-state index contributed by atoms with van der Waals surface area (Å²) in [6, 6.07) is 35.8. The van der Waals surface area contributed by atoms with Crippen molar-refractivity contribution in [1.82, 2.24) is 5.32 Å². The number of nitrogens with zero attached hydrogens (tertiary/aromatic N) is 1. The molecule has 1 aliphatic rings. The van der Waals surface area contributed by atoms with Gasteiger partial charge in [-0.25, -0.2) is 9.69 Å². The minimum absolute atomic E-state index is 0.209. The molecule has 1 heterocycles. The number of amides is 4. The molecule has 0 aliphatic carbocycles. The molecule has 10 nitrogen and oxygen atoms in total. The molecule has 0 bridgehead atoms. The van der Waals surface area contributed by atoms with Gasteiger partial charge in [0.1, 0.15) is 31.1 Å². The van der Waals surface area contributed by atoms with Gasteiger partial charge in [-0.3, -0.25) is 14.9 Å². The van der Waals surface area contributed by atoms with Crippen LogP contribution in [0.3, 0.4) is 0 Å². The Hall–Kier alpha value is -6.55. The van der Waals surface area contributed by atoms with Crippen LogP contribution in [0.1, 0.15) is 22.3 Å². The topological polar surface area (TPSA) is 113 Å². The van der Waals surface area contributed by atoms with Gasteiger partial charge in [-0.2, -0.15) is 0 Å². The van der Waals surface area contributed by atoms with Crippen LogP contribution in [0.2, 0.25) is 0 Å². The van der Waals surface area contributed by atoms with E-state index >= 15 is 0 Å². The molecule has 1 aliphatic heterocycles. The normalized spacial score (nSPS) is 13.5. The predicted octanol–water partition coefficient (Wildman–Crippen LogP) is 7.11. The van der Waals surface area contributed by atoms with Crippen molar-refractivity contribution in [2.75, 3.05) is 19.1 Å². The van der Waals surface area contributed by atoms with E-state index in [-0.39, 0.29) is 17.9 Å². The fourth-order valence-corrected chi connectivity index (χ4v) is 5.20. The van der Waals surface area contributed by atoms with Gasteiger partial charge in [0.05, 0.1) is 19.9 Å². The average Bonchev–Trinajstić information content (AvgIpc) is 3.15. The van der Waals surface area contributed by atoms with Gasteiger partial charge < -0.3 is 23.7 Å². The van der Waals surface area contributed by atoms with Crippen LogP contribution in [0.25, 0.3) is 6.08 Å². The highest BCUT2D eigenvalue weighted by atomic mass is 16.5. The molecule has 0 saturated carbocycles. The quantitative estimate of drug-likeness (QED) is 0.104. The van der Waals surface area contributed by atoms with Gasteiger partial charge in [0.25, 0.3) is 11.8 Å². The Labute approximate surface area is 289 Å². The number of carbonyl (C=O) groups is 3. The van der Waals surface area contributed by atoms with E-state index in [1.807, 2.05) is 78.9 Å². The first-order chi connectivity index (χ1) is 24.4. The highest BCUT2D eigenvalue weighted by molar-refractivity contribution is 6.39. The van der Waals surface area contributed by atoms with E-state index in [0.717, 1.165) is 21.6 Å². The summed E-state index contributed by atoms with van der Waals surface area (Å²) in [7, 11) is 3.07. The zero-order chi connectivity index (χ0) is 34.9. The summed E-state index contributed by atoms with van der Waals surface area (Å²) in [5, 5.41) is 2.25. The van der Waals surface area contributed by atoms with Crippen molar-refractivity contribution in [2.24, 2.45) is 0 Å². The van der Waals surface area contributed by atoms with Crippen LogP contribution in [0.4, 0.5) is 10.5 Å². The first-order valence-electron chi connectivity index (χ1n) is 15.7. The Morgan fingerprint density at radius 1 is 0.580 bits per heavy atom. The van der Waals surface area contributed by atoms with Crippen molar-refractivity contribution < 1.29 is 38.1 Å². The van der Waals surface area contributed by atoms with E-state index in [1.165, 1.54) is 13.2 Å². The molecule has 0 radical (unpaired) electrons. The molecular formula is C40H34N2O8. The Balaban J connectivity index is 1.12. The number of nitrogens with one attached hydrogen (secondary N) is 1. The summed E-state index contributed by atoms with van der Waals surface area (Å²) in [5.41, 5.74) is 3.45. The highest BCUT2D eigenvalue weighted by Gasteiger charge is 2.36. The molecule has 0 unspecified atom stereocenters. The van der Waals surface area contributed by atoms with E-state index in [9.17, 15) is 14.4 Å². The summed E-state index contributed by atoms with van der Waals surface area (Å²) in [6.45, 7) is 0.984. The average molecular weight is 671 g/mol. The summed E-state index contributed by atoms with van der Waals surface area (Å²) in [5.74, 6) is 1.02. The zero-order valence-corrected chi connectivity index (χ0v) is 27.5. The predicted molar refractivity (Wildman–Crippen MR) is 187 cm³/mol. The molecule has 6 rings (SSSR count). The highest BCUT2D eigenvalue weighted by Crippen LogP contribution is 2.33. The van der Waals surface area contributed by atoms with Gasteiger partial charge in [0, 0.05) is 0 Å². The van der Waals surface area contributed by atoms with Gasteiger partial charge in [0.15, 0.2) is 23.0 Å². The number of barbiturate groups is 1. The molecule has 0 spiro atoms. The summed E-state index contributed by atoms with van der Waals surface area (Å²) < 4.78 is 28.9. The molecule has 252 valence electrons. The van der Waals surface area contributed by atoms with Gasteiger partial charge in [-0.15, -0.1) is 0 Å². The monoisotopic (exact) mass is 670 g/mol. The van der Waals surface area contributed by atoms with Crippen molar-refractivity contribution in [2.45, 2.75) is 19.8 Å². The van der Waals surface area contributed by atoms with Gasteiger partial charge in [-0.05, 0) is 76.9 Å². The lowest BCUT2D eigenvalue weighted by Crippen LogP contribution is -2.54. The number of imide groups is 2. The number of anilines is 1. The largest absolute Gasteiger partial charge is 0.493 e. The number of benzene rings is 5. The third-order valence-electron chi connectivity index (χ3n) is 7.80. The van der Waals surface area contributed by atoms with Crippen molar-refractivity contribution in [3.05, 3.63) is 149 Å². The van der Waals surface area contributed by atoms with Gasteiger partial charge in [0.2, 0.25) is 0 Å². The van der Waals surface area contributed by atoms with Crippen LogP contribution < -0.4 is 33.9 Å². The third kappa shape index (κ3) is 7.94. The number of ether oxygens (including phenoxy) is 5. The van der Waals surface area contributed by atoms with Crippen LogP contribution in [-0.2, 0) is 29.4 Å². The van der Waals surface area contributed by atoms with Crippen molar-refractivity contribution in [1.29, 1.82) is 0 Å². The number of methoxy groups -OCH3 is 2. The number of hydrogen-bond acceptors (Lipinski definition) is 8. The molecule has 4 amide bonds. The Morgan fingerprint density at radius 2 is 1.14 bits per heavy atom. The van der Waals surface area contributed by atoms with Crippen LogP contribution >= 0.6 is 0 Å². The second-order valence-corrected chi connectivity index (χ2v) is 11.2. The number of hydrogen-bond donors (Lipinski definition) is 1. The van der Waals surface area contributed by atoms with Crippen LogP contribution in [0.5, 0.6) is 28.7 Å². The molecule has 10 heteroatoms. The van der Waals surface area contributed by atoms with E-state index in [1.54, 1.807) is 49.6 Å². The Kier molecular flexibility index (Phi) is 10.4. The number of urea groups is 1. The smallest absolute Gasteiger partial charge is 0.335 e. The van der Waals surface area contributed by atoms with Crippen LogP contribution in [-0.4, -0.2) is 32.1 Å². The standard InChI is InChI=1S/C40H34N2O8/c1-46-36-22-29(13-19-34(36)50-26-30-14-20-35(37(23-30)47-2)49-25-28-11-7-4-8-12-28)21-33-38(43)41-40(45)42(39(33)44)31-15-17-32(18-16-31)48-24-27-9-5-3-6-10-27/h3-23H,24-26H2,1-2H3,(H,41,43,45)/b33-21-. The lowest BCUT2D eigenvalue weighted by atomic mass is 10.1. The lowest BCUT2D eigenvalue weighted by Gasteiger charge is -2.26. The lowest BCUT2D eigenvalue weighted by molar-refractivity contribution is -0.122. The Bertz CT molecular complexity index is 2010. The molecule has 5 aromatic carbocycles. The second-order valence-electron chi connectivity index (χ2n) is 11.2. The summed E-state index contributed by atoms with van der Waals surface area (Å²) in [4.78, 5) is 40.0. The molecule has 5 aromatic rings. The third-order valence-corrected chi connectivity index (χ3v) is 7.80. The molecule has 50 heavy (non-hydrogen) atoms. The SMILES string of the molecule is COc1cc(/C=C2/C(=O)NC(=O)N(c3ccc(OCc4ccccc4)cc3)C2=O)ccc1OCc1ccc(OCc2ccccc2)c(OC)c1. The fourth-order valence-electron chi connectivity index (χ4n) is 5.20. The van der Waals surface area contributed by atoms with E-state index in [0.29, 0.717) is 47.5 Å². The maximum absolute atomic E-state index is 13.5. The first-order valence-corrected chi connectivity index (χ1v) is 15.7. The molecule has 1 N–H and O–H groups in total. The van der Waals surface area contributed by atoms with Crippen molar-refractivity contribution in [3.8, 4) is 28.7 Å². The number of rotatable bonds is 13. The molecule has 1 fully saturated rings. The summed E-state index contributed by atoms with van der Waals surface area (Å²) in [6.07, 6.45) is 1.40. The van der Waals surface area contributed by atoms with Crippen LogP contribution in [0, 0.1) is 0 Å². The minimum atomic E-state index is -0.844. The van der Waals surface area contributed by atoms with Crippen LogP contribution in [0.15, 0.2) is 127 Å². The van der Waals surface area contributed by atoms with Crippen molar-refractivity contribution in [3.63, 3.8) is 0 Å². The fraction of sp³-hybridized carbons (Fsp3) is 0.125. The molecule has 0 atom stereocenters. The Morgan fingerprint density at radius 3 is 1.76 bits per heavy atom. The summed E-state index contributed by atoms with van der Waals surface area (Å²) >= 11 is 0. The molecule has 0 aromatic heterocycles. The maximum atomic E-state index is 13.5.